The lowest BCUT2D eigenvalue weighted by Crippen LogP contribution is -2.29. The normalized spacial score (nSPS) is 10.9. The molecule has 0 aromatic carbocycles. The summed E-state index contributed by atoms with van der Waals surface area (Å²) in [7, 11) is 8.63. The van der Waals surface area contributed by atoms with Crippen molar-refractivity contribution in [3.05, 3.63) is 65.7 Å². The van der Waals surface area contributed by atoms with Gasteiger partial charge in [-0.05, 0) is 39.2 Å². The van der Waals surface area contributed by atoms with Gasteiger partial charge in [-0.15, -0.1) is 0 Å². The van der Waals surface area contributed by atoms with E-state index in [0.717, 1.165) is 19.2 Å². The molecule has 0 aliphatic rings. The maximum atomic E-state index is 12.9. The molecule has 18 nitrogen and oxygen atoms in total. The van der Waals surface area contributed by atoms with Gasteiger partial charge in [0, 0.05) is 52.5 Å². The molecule has 4 amide bonds. The third kappa shape index (κ3) is 7.93. The van der Waals surface area contributed by atoms with Crippen LogP contribution in [0.1, 0.15) is 59.1 Å². The second kappa shape index (κ2) is 13.6. The molecule has 4 heterocycles. The number of aromatic carboxylic acids is 1. The van der Waals surface area contributed by atoms with Gasteiger partial charge in [-0.2, -0.15) is 0 Å². The minimum atomic E-state index is -1.18. The van der Waals surface area contributed by atoms with Crippen LogP contribution < -0.4 is 21.3 Å². The first-order chi connectivity index (χ1) is 21.3. The fraction of sp³-hybridized carbons (Fsp3) is 0.296. The van der Waals surface area contributed by atoms with E-state index in [0.29, 0.717) is 6.54 Å². The Hall–Kier alpha value is -5.91. The van der Waals surface area contributed by atoms with E-state index in [1.165, 1.54) is 44.4 Å². The Balaban J connectivity index is 1.36. The van der Waals surface area contributed by atoms with Crippen molar-refractivity contribution in [3.63, 3.8) is 0 Å². The highest BCUT2D eigenvalue weighted by atomic mass is 16.4. The molecule has 0 radical (unpaired) electrons. The van der Waals surface area contributed by atoms with Crippen LogP contribution in [0.15, 0.2) is 36.9 Å². The molecule has 45 heavy (non-hydrogen) atoms. The summed E-state index contributed by atoms with van der Waals surface area (Å²) >= 11 is 0. The molecule has 0 fully saturated rings. The number of carbonyl (C=O) groups excluding carboxylic acids is 4. The van der Waals surface area contributed by atoms with Crippen molar-refractivity contribution >= 4 is 47.1 Å². The highest BCUT2D eigenvalue weighted by Gasteiger charge is 2.21. The molecule has 0 saturated heterocycles. The minimum Gasteiger partial charge on any atom is -0.478 e. The van der Waals surface area contributed by atoms with Gasteiger partial charge in [0.25, 0.3) is 23.6 Å². The number of pyridine rings is 1. The maximum absolute atomic E-state index is 12.9. The zero-order valence-electron chi connectivity index (χ0n) is 25.2. The molecule has 0 spiro atoms. The molecule has 0 aliphatic heterocycles. The number of amides is 4. The van der Waals surface area contributed by atoms with E-state index in [1.807, 2.05) is 19.0 Å². The van der Waals surface area contributed by atoms with E-state index in [9.17, 15) is 24.0 Å². The second-order valence-corrected chi connectivity index (χ2v) is 10.2. The van der Waals surface area contributed by atoms with Crippen molar-refractivity contribution in [2.75, 3.05) is 43.1 Å². The summed E-state index contributed by atoms with van der Waals surface area (Å²) in [5.41, 5.74) is -0.118. The Bertz CT molecular complexity index is 1750. The van der Waals surface area contributed by atoms with Crippen LogP contribution in [-0.4, -0.2) is 100 Å². The number of nitrogens with zero attached hydrogens (tertiary/aromatic N) is 8. The summed E-state index contributed by atoms with van der Waals surface area (Å²) in [5.74, 6) is -3.23. The maximum Gasteiger partial charge on any atom is 0.337 e. The van der Waals surface area contributed by atoms with Crippen molar-refractivity contribution in [1.29, 1.82) is 0 Å². The lowest BCUT2D eigenvalue weighted by molar-refractivity contribution is 0.0695. The van der Waals surface area contributed by atoms with Crippen LogP contribution in [0.3, 0.4) is 0 Å². The number of anilines is 3. The Morgan fingerprint density at radius 1 is 0.733 bits per heavy atom. The number of carboxylic acid groups (broad SMARTS) is 1. The van der Waals surface area contributed by atoms with E-state index in [1.54, 1.807) is 21.1 Å². The van der Waals surface area contributed by atoms with E-state index in [2.05, 4.69) is 41.2 Å². The number of hydrogen-bond acceptors (Lipinski definition) is 10. The standard InChI is InChI=1S/C27H32N12O6/c1-36(2)10-6-9-28-24(41)20-30-18(13-37(20)3)34-26(43)22-32-19(14-39(22)5)35-25(42)21-31-17(12-38(21)4)33-23(40)16-8-7-15(11-29-16)27(44)45/h7-8,11-14H,6,9-10H2,1-5H3,(H,28,41)(H,33,40)(H,34,43)(H,35,42)(H,44,45). The van der Waals surface area contributed by atoms with Gasteiger partial charge in [0.2, 0.25) is 17.5 Å². The molecular formula is C27H32N12O6. The third-order valence-electron chi connectivity index (χ3n) is 6.27. The summed E-state index contributed by atoms with van der Waals surface area (Å²) in [6.07, 6.45) is 6.15. The lowest BCUT2D eigenvalue weighted by atomic mass is 10.2. The summed E-state index contributed by atoms with van der Waals surface area (Å²) in [6.45, 7) is 1.30. The van der Waals surface area contributed by atoms with E-state index in [4.69, 9.17) is 5.11 Å². The average Bonchev–Trinajstić information content (AvgIpc) is 3.66. The molecule has 0 unspecified atom stereocenters. The molecule has 236 valence electrons. The van der Waals surface area contributed by atoms with Crippen molar-refractivity contribution in [3.8, 4) is 0 Å². The topological polar surface area (TPSA) is 223 Å². The number of imidazole rings is 3. The average molecular weight is 621 g/mol. The van der Waals surface area contributed by atoms with Crippen molar-refractivity contribution in [1.82, 2.24) is 43.9 Å². The molecule has 4 aromatic heterocycles. The molecular weight excluding hydrogens is 588 g/mol. The number of carbonyl (C=O) groups is 5. The number of aryl methyl sites for hydroxylation is 3. The highest BCUT2D eigenvalue weighted by molar-refractivity contribution is 6.05. The van der Waals surface area contributed by atoms with Gasteiger partial charge in [-0.1, -0.05) is 0 Å². The van der Waals surface area contributed by atoms with E-state index < -0.39 is 23.7 Å². The van der Waals surface area contributed by atoms with E-state index >= 15 is 0 Å². The van der Waals surface area contributed by atoms with Gasteiger partial charge in [-0.3, -0.25) is 24.2 Å². The van der Waals surface area contributed by atoms with Crippen LogP contribution in [0, 0.1) is 0 Å². The molecule has 4 rings (SSSR count). The van der Waals surface area contributed by atoms with Crippen molar-refractivity contribution < 1.29 is 29.1 Å². The number of carboxylic acids is 1. The second-order valence-electron chi connectivity index (χ2n) is 10.2. The molecule has 0 atom stereocenters. The first-order valence-electron chi connectivity index (χ1n) is 13.5. The van der Waals surface area contributed by atoms with Crippen molar-refractivity contribution in [2.24, 2.45) is 21.1 Å². The zero-order valence-corrected chi connectivity index (χ0v) is 25.2. The fourth-order valence-corrected chi connectivity index (χ4v) is 4.07. The zero-order chi connectivity index (χ0) is 32.8. The monoisotopic (exact) mass is 620 g/mol. The van der Waals surface area contributed by atoms with Gasteiger partial charge in [0.05, 0.1) is 5.56 Å². The molecule has 0 saturated carbocycles. The molecule has 0 aliphatic carbocycles. The number of hydrogen-bond donors (Lipinski definition) is 5. The first kappa shape index (κ1) is 32.0. The highest BCUT2D eigenvalue weighted by Crippen LogP contribution is 2.14. The Kier molecular flexibility index (Phi) is 9.67. The Labute approximate surface area is 256 Å². The van der Waals surface area contributed by atoms with Crippen LogP contribution in [0.2, 0.25) is 0 Å². The largest absolute Gasteiger partial charge is 0.478 e. The Morgan fingerprint density at radius 2 is 1.20 bits per heavy atom. The predicted octanol–water partition coefficient (Wildman–Crippen LogP) is 0.419. The fourth-order valence-electron chi connectivity index (χ4n) is 4.07. The van der Waals surface area contributed by atoms with Crippen LogP contribution in [0.4, 0.5) is 17.5 Å². The van der Waals surface area contributed by atoms with E-state index in [-0.39, 0.29) is 52.1 Å². The molecule has 0 bridgehead atoms. The first-order valence-corrected chi connectivity index (χ1v) is 13.5. The Morgan fingerprint density at radius 3 is 1.62 bits per heavy atom. The molecule has 18 heteroatoms. The van der Waals surface area contributed by atoms with Gasteiger partial charge in [-0.25, -0.2) is 19.7 Å². The van der Waals surface area contributed by atoms with Crippen LogP contribution in [-0.2, 0) is 21.1 Å². The predicted molar refractivity (Wildman–Crippen MR) is 160 cm³/mol. The summed E-state index contributed by atoms with van der Waals surface area (Å²) in [5, 5.41) is 19.4. The van der Waals surface area contributed by atoms with Gasteiger partial charge < -0.3 is 45.0 Å². The van der Waals surface area contributed by atoms with Crippen LogP contribution in [0.25, 0.3) is 0 Å². The van der Waals surface area contributed by atoms with Gasteiger partial charge in [0.1, 0.15) is 5.69 Å². The molecule has 4 aromatic rings. The van der Waals surface area contributed by atoms with Crippen molar-refractivity contribution in [2.45, 2.75) is 6.42 Å². The number of aromatic nitrogens is 7. The number of nitrogens with one attached hydrogen (secondary N) is 4. The quantitative estimate of drug-likeness (QED) is 0.136. The SMILES string of the molecule is CN(C)CCCNC(=O)c1nc(NC(=O)c2nc(NC(=O)c3nc(NC(=O)c4ccc(C(=O)O)cn4)cn3C)cn2C)cn1C. The van der Waals surface area contributed by atoms with Crippen LogP contribution in [0.5, 0.6) is 0 Å². The van der Waals surface area contributed by atoms with Gasteiger partial charge in [0.15, 0.2) is 17.5 Å². The van der Waals surface area contributed by atoms with Crippen LogP contribution >= 0.6 is 0 Å². The minimum absolute atomic E-state index is 0.0418. The summed E-state index contributed by atoms with van der Waals surface area (Å²) < 4.78 is 4.27. The number of rotatable bonds is 12. The van der Waals surface area contributed by atoms with Gasteiger partial charge >= 0.3 is 5.97 Å². The smallest absolute Gasteiger partial charge is 0.337 e. The molecule has 5 N–H and O–H groups in total. The summed E-state index contributed by atoms with van der Waals surface area (Å²) in [4.78, 5) is 80.2. The lowest BCUT2D eigenvalue weighted by Gasteiger charge is -2.09. The third-order valence-corrected chi connectivity index (χ3v) is 6.27. The summed E-state index contributed by atoms with van der Waals surface area (Å²) in [6, 6.07) is 2.49.